The topological polar surface area (TPSA) is 37.0 Å². The molecule has 0 bridgehead atoms. The van der Waals surface area contributed by atoms with Gasteiger partial charge in [0.15, 0.2) is 0 Å². The van der Waals surface area contributed by atoms with E-state index >= 15 is 0 Å². The number of hydrogen-bond acceptors (Lipinski definition) is 2. The minimum absolute atomic E-state index is 0.898. The first-order valence-corrected chi connectivity index (χ1v) is 6.97. The third-order valence-corrected chi connectivity index (χ3v) is 4.00. The number of nitrogens with one attached hydrogen (secondary N) is 2. The lowest BCUT2D eigenvalue weighted by molar-refractivity contribution is 0.415. The SMILES string of the molecule is CNCCc1ccc2c([nH]c3ccc(OC)cc32)c1C. The molecule has 0 aliphatic heterocycles. The summed E-state index contributed by atoms with van der Waals surface area (Å²) in [4.78, 5) is 3.54. The minimum atomic E-state index is 0.898. The molecule has 0 saturated carbocycles. The van der Waals surface area contributed by atoms with Gasteiger partial charge in [0.1, 0.15) is 5.75 Å². The molecule has 0 aliphatic rings. The van der Waals surface area contributed by atoms with Crippen molar-refractivity contribution in [3.63, 3.8) is 0 Å². The second-order valence-electron chi connectivity index (χ2n) is 5.16. The van der Waals surface area contributed by atoms with Crippen LogP contribution in [-0.2, 0) is 6.42 Å². The van der Waals surface area contributed by atoms with Gasteiger partial charge in [0.25, 0.3) is 0 Å². The molecule has 0 amide bonds. The van der Waals surface area contributed by atoms with E-state index < -0.39 is 0 Å². The molecule has 2 aromatic carbocycles. The maximum atomic E-state index is 5.33. The predicted octanol–water partition coefficient (Wildman–Crippen LogP) is 3.40. The molecule has 2 N–H and O–H groups in total. The van der Waals surface area contributed by atoms with Crippen LogP contribution in [0.3, 0.4) is 0 Å². The van der Waals surface area contributed by atoms with Gasteiger partial charge in [-0.2, -0.15) is 0 Å². The minimum Gasteiger partial charge on any atom is -0.497 e. The van der Waals surface area contributed by atoms with Gasteiger partial charge in [-0.05, 0) is 56.3 Å². The summed E-state index contributed by atoms with van der Waals surface area (Å²) in [6.45, 7) is 3.19. The molecule has 1 heterocycles. The summed E-state index contributed by atoms with van der Waals surface area (Å²) in [5.74, 6) is 0.898. The Morgan fingerprint density at radius 2 is 2.00 bits per heavy atom. The maximum absolute atomic E-state index is 5.33. The molecule has 3 nitrogen and oxygen atoms in total. The molecule has 0 unspecified atom stereocenters. The highest BCUT2D eigenvalue weighted by Gasteiger charge is 2.10. The van der Waals surface area contributed by atoms with Crippen LogP contribution in [0.15, 0.2) is 30.3 Å². The van der Waals surface area contributed by atoms with Crippen LogP contribution in [0.4, 0.5) is 0 Å². The largest absolute Gasteiger partial charge is 0.497 e. The lowest BCUT2D eigenvalue weighted by Crippen LogP contribution is -2.11. The number of hydrogen-bond donors (Lipinski definition) is 2. The first-order chi connectivity index (χ1) is 9.74. The van der Waals surface area contributed by atoms with Gasteiger partial charge in [-0.25, -0.2) is 0 Å². The fourth-order valence-electron chi connectivity index (χ4n) is 2.79. The zero-order valence-electron chi connectivity index (χ0n) is 12.2. The quantitative estimate of drug-likeness (QED) is 0.761. The van der Waals surface area contributed by atoms with Crippen LogP contribution in [0, 0.1) is 6.92 Å². The van der Waals surface area contributed by atoms with Crippen molar-refractivity contribution in [1.29, 1.82) is 0 Å². The summed E-state index contributed by atoms with van der Waals surface area (Å²) in [6.07, 6.45) is 1.05. The third-order valence-electron chi connectivity index (χ3n) is 4.00. The number of H-pyrrole nitrogens is 1. The van der Waals surface area contributed by atoms with E-state index in [-0.39, 0.29) is 0 Å². The number of ether oxygens (including phenoxy) is 1. The first-order valence-electron chi connectivity index (χ1n) is 6.97. The summed E-state index contributed by atoms with van der Waals surface area (Å²) >= 11 is 0. The lowest BCUT2D eigenvalue weighted by Gasteiger charge is -2.06. The Labute approximate surface area is 118 Å². The summed E-state index contributed by atoms with van der Waals surface area (Å²) in [5.41, 5.74) is 5.13. The molecular formula is C17H20N2O. The van der Waals surface area contributed by atoms with Gasteiger partial charge in [-0.3, -0.25) is 0 Å². The highest BCUT2D eigenvalue weighted by Crippen LogP contribution is 2.31. The van der Waals surface area contributed by atoms with E-state index in [1.54, 1.807) is 7.11 Å². The maximum Gasteiger partial charge on any atom is 0.119 e. The van der Waals surface area contributed by atoms with Crippen LogP contribution in [0.25, 0.3) is 21.8 Å². The smallest absolute Gasteiger partial charge is 0.119 e. The van der Waals surface area contributed by atoms with E-state index in [9.17, 15) is 0 Å². The predicted molar refractivity (Wildman–Crippen MR) is 84.7 cm³/mol. The van der Waals surface area contributed by atoms with Crippen molar-refractivity contribution < 1.29 is 4.74 Å². The Kier molecular flexibility index (Phi) is 3.36. The van der Waals surface area contributed by atoms with Crippen molar-refractivity contribution in [2.45, 2.75) is 13.3 Å². The molecule has 104 valence electrons. The molecule has 3 rings (SSSR count). The molecule has 0 aliphatic carbocycles. The van der Waals surface area contributed by atoms with Gasteiger partial charge in [-0.15, -0.1) is 0 Å². The van der Waals surface area contributed by atoms with E-state index in [0.717, 1.165) is 24.2 Å². The van der Waals surface area contributed by atoms with Gasteiger partial charge in [0, 0.05) is 21.8 Å². The monoisotopic (exact) mass is 268 g/mol. The lowest BCUT2D eigenvalue weighted by atomic mass is 10.0. The van der Waals surface area contributed by atoms with Gasteiger partial charge >= 0.3 is 0 Å². The van der Waals surface area contributed by atoms with Crippen molar-refractivity contribution in [3.05, 3.63) is 41.5 Å². The Morgan fingerprint density at radius 3 is 2.75 bits per heavy atom. The average molecular weight is 268 g/mol. The number of methoxy groups -OCH3 is 1. The number of rotatable bonds is 4. The number of aryl methyl sites for hydroxylation is 1. The van der Waals surface area contributed by atoms with E-state index in [2.05, 4.69) is 41.5 Å². The van der Waals surface area contributed by atoms with E-state index in [1.165, 1.54) is 27.4 Å². The number of likely N-dealkylation sites (N-methyl/N-ethyl adjacent to an activating group) is 1. The highest BCUT2D eigenvalue weighted by atomic mass is 16.5. The number of fused-ring (bicyclic) bond motifs is 3. The second kappa shape index (κ2) is 5.17. The van der Waals surface area contributed by atoms with E-state index in [4.69, 9.17) is 4.74 Å². The molecule has 0 spiro atoms. The van der Waals surface area contributed by atoms with Gasteiger partial charge in [0.05, 0.1) is 7.11 Å². The number of aromatic amines is 1. The summed E-state index contributed by atoms with van der Waals surface area (Å²) < 4.78 is 5.33. The van der Waals surface area contributed by atoms with Crippen LogP contribution in [0.2, 0.25) is 0 Å². The highest BCUT2D eigenvalue weighted by molar-refractivity contribution is 6.08. The molecule has 3 aromatic rings. The van der Waals surface area contributed by atoms with Crippen LogP contribution < -0.4 is 10.1 Å². The van der Waals surface area contributed by atoms with Gasteiger partial charge < -0.3 is 15.0 Å². The van der Waals surface area contributed by atoms with Gasteiger partial charge in [0.2, 0.25) is 0 Å². The molecule has 1 aromatic heterocycles. The van der Waals surface area contributed by atoms with Crippen molar-refractivity contribution in [3.8, 4) is 5.75 Å². The van der Waals surface area contributed by atoms with E-state index in [0.29, 0.717) is 0 Å². The zero-order valence-corrected chi connectivity index (χ0v) is 12.2. The molecule has 0 radical (unpaired) electrons. The summed E-state index contributed by atoms with van der Waals surface area (Å²) in [6, 6.07) is 10.6. The van der Waals surface area contributed by atoms with Crippen LogP contribution in [-0.4, -0.2) is 25.7 Å². The Bertz CT molecular complexity index is 758. The van der Waals surface area contributed by atoms with Gasteiger partial charge in [-0.1, -0.05) is 12.1 Å². The molecule has 0 fully saturated rings. The normalized spacial score (nSPS) is 11.3. The van der Waals surface area contributed by atoms with Crippen molar-refractivity contribution in [2.75, 3.05) is 20.7 Å². The van der Waals surface area contributed by atoms with Crippen LogP contribution in [0.1, 0.15) is 11.1 Å². The number of benzene rings is 2. The Hall–Kier alpha value is -2.00. The molecule has 20 heavy (non-hydrogen) atoms. The molecular weight excluding hydrogens is 248 g/mol. The first kappa shape index (κ1) is 13.0. The van der Waals surface area contributed by atoms with Crippen molar-refractivity contribution in [1.82, 2.24) is 10.3 Å². The van der Waals surface area contributed by atoms with Crippen LogP contribution >= 0.6 is 0 Å². The zero-order chi connectivity index (χ0) is 14.1. The standard InChI is InChI=1S/C17H20N2O/c1-11-12(8-9-18-2)4-6-14-15-10-13(20-3)5-7-16(15)19-17(11)14/h4-7,10,18-19H,8-9H2,1-3H3. The number of aromatic nitrogens is 1. The van der Waals surface area contributed by atoms with Crippen LogP contribution in [0.5, 0.6) is 5.75 Å². The van der Waals surface area contributed by atoms with Crippen molar-refractivity contribution in [2.24, 2.45) is 0 Å². The second-order valence-corrected chi connectivity index (χ2v) is 5.16. The van der Waals surface area contributed by atoms with Crippen molar-refractivity contribution >= 4 is 21.8 Å². The average Bonchev–Trinajstić information content (AvgIpc) is 2.85. The molecule has 0 saturated heterocycles. The Balaban J connectivity index is 2.20. The van der Waals surface area contributed by atoms with E-state index in [1.807, 2.05) is 13.1 Å². The third kappa shape index (κ3) is 2.04. The fraction of sp³-hybridized carbons (Fsp3) is 0.294. The Morgan fingerprint density at radius 1 is 1.15 bits per heavy atom. The molecule has 0 atom stereocenters. The molecule has 3 heteroatoms. The summed E-state index contributed by atoms with van der Waals surface area (Å²) in [5, 5.41) is 5.70. The fourth-order valence-corrected chi connectivity index (χ4v) is 2.79. The summed E-state index contributed by atoms with van der Waals surface area (Å²) in [7, 11) is 3.69.